The zero-order chi connectivity index (χ0) is 18.7. The number of carbonyl (C=O) groups excluding carboxylic acids is 2. The molecule has 0 bridgehead atoms. The van der Waals surface area contributed by atoms with Crippen LogP contribution in [0.15, 0.2) is 59.8 Å². The average Bonchev–Trinajstić information content (AvgIpc) is 3.15. The number of anilines is 1. The Balaban J connectivity index is 1.75. The fraction of sp³-hybridized carbons (Fsp3) is 0.300. The van der Waals surface area contributed by atoms with Gasteiger partial charge in [-0.3, -0.25) is 14.5 Å². The van der Waals surface area contributed by atoms with E-state index in [0.29, 0.717) is 29.3 Å². The lowest BCUT2D eigenvalue weighted by Gasteiger charge is -2.46. The third-order valence-corrected chi connectivity index (χ3v) is 5.70. The van der Waals surface area contributed by atoms with Gasteiger partial charge in [0.15, 0.2) is 0 Å². The number of aliphatic hydroxyl groups excluding tert-OH is 1. The van der Waals surface area contributed by atoms with Gasteiger partial charge in [0, 0.05) is 18.8 Å². The first-order chi connectivity index (χ1) is 13.1. The Labute approximate surface area is 156 Å². The predicted molar refractivity (Wildman–Crippen MR) is 97.5 cm³/mol. The zero-order valence-corrected chi connectivity index (χ0v) is 14.8. The molecule has 0 saturated carbocycles. The topological polar surface area (TPSA) is 73.3 Å². The fourth-order valence-corrected chi connectivity index (χ4v) is 4.49. The second-order valence-corrected chi connectivity index (χ2v) is 7.02. The molecule has 7 heteroatoms. The minimum Gasteiger partial charge on any atom is -0.502 e. The molecule has 2 amide bonds. The van der Waals surface area contributed by atoms with Crippen molar-refractivity contribution in [1.29, 1.82) is 0 Å². The summed E-state index contributed by atoms with van der Waals surface area (Å²) in [6, 6.07) is 6.96. The fourth-order valence-electron chi connectivity index (χ4n) is 4.49. The lowest BCUT2D eigenvalue weighted by Crippen LogP contribution is -2.61. The molecule has 1 N–H and O–H groups in total. The molecular formula is C20H19N3O4. The highest BCUT2D eigenvalue weighted by atomic mass is 16.5. The van der Waals surface area contributed by atoms with E-state index < -0.39 is 12.1 Å². The molecular weight excluding hydrogens is 346 g/mol. The number of amides is 2. The van der Waals surface area contributed by atoms with Crippen molar-refractivity contribution in [3.05, 3.63) is 65.4 Å². The molecule has 0 aromatic heterocycles. The minimum absolute atomic E-state index is 0.0644. The first kappa shape index (κ1) is 16.0. The summed E-state index contributed by atoms with van der Waals surface area (Å²) in [5.41, 5.74) is 1.43. The van der Waals surface area contributed by atoms with E-state index in [0.717, 1.165) is 12.8 Å². The molecule has 2 unspecified atom stereocenters. The van der Waals surface area contributed by atoms with Gasteiger partial charge in [-0.05, 0) is 31.1 Å². The Morgan fingerprint density at radius 2 is 2.00 bits per heavy atom. The summed E-state index contributed by atoms with van der Waals surface area (Å²) >= 11 is 0. The molecule has 0 aliphatic carbocycles. The predicted octanol–water partition coefficient (Wildman–Crippen LogP) is 2.11. The normalized spacial score (nSPS) is 26.3. The van der Waals surface area contributed by atoms with E-state index in [-0.39, 0.29) is 17.7 Å². The van der Waals surface area contributed by atoms with Crippen LogP contribution in [0.2, 0.25) is 0 Å². The minimum atomic E-state index is -0.498. The molecule has 27 heavy (non-hydrogen) atoms. The van der Waals surface area contributed by atoms with E-state index >= 15 is 0 Å². The Hall–Kier alpha value is -3.22. The number of carbonyl (C=O) groups is 2. The summed E-state index contributed by atoms with van der Waals surface area (Å²) in [6.07, 6.45) is 6.53. The third kappa shape index (κ3) is 2.08. The van der Waals surface area contributed by atoms with Crippen LogP contribution >= 0.6 is 0 Å². The van der Waals surface area contributed by atoms with Crippen LogP contribution in [-0.2, 0) is 9.53 Å². The first-order valence-corrected chi connectivity index (χ1v) is 9.01. The Bertz CT molecular complexity index is 948. The number of methoxy groups -OCH3 is 1. The largest absolute Gasteiger partial charge is 0.502 e. The molecule has 0 spiro atoms. The summed E-state index contributed by atoms with van der Waals surface area (Å²) in [6.45, 7) is 0.665. The maximum absolute atomic E-state index is 13.2. The quantitative estimate of drug-likeness (QED) is 0.825. The monoisotopic (exact) mass is 365 g/mol. The van der Waals surface area contributed by atoms with Crippen LogP contribution in [0, 0.1) is 0 Å². The Morgan fingerprint density at radius 1 is 1.19 bits per heavy atom. The third-order valence-electron chi connectivity index (χ3n) is 5.70. The SMILES string of the molecule is COC1=CC2=C(O)C(=O)N3c4ccccc4C(=O)N4CCCC4C3N2C=C1. The average molecular weight is 365 g/mol. The highest BCUT2D eigenvalue weighted by Gasteiger charge is 2.51. The van der Waals surface area contributed by atoms with Crippen LogP contribution in [0.5, 0.6) is 0 Å². The molecule has 1 saturated heterocycles. The number of allylic oxidation sites excluding steroid dienone is 2. The second-order valence-electron chi connectivity index (χ2n) is 7.02. The van der Waals surface area contributed by atoms with Gasteiger partial charge < -0.3 is 19.6 Å². The smallest absolute Gasteiger partial charge is 0.297 e. The van der Waals surface area contributed by atoms with Gasteiger partial charge >= 0.3 is 0 Å². The van der Waals surface area contributed by atoms with Crippen molar-refractivity contribution in [1.82, 2.24) is 9.80 Å². The molecule has 1 aromatic rings. The number of nitrogens with zero attached hydrogens (tertiary/aromatic N) is 3. The van der Waals surface area contributed by atoms with Crippen molar-refractivity contribution in [2.45, 2.75) is 25.0 Å². The van der Waals surface area contributed by atoms with E-state index in [9.17, 15) is 14.7 Å². The van der Waals surface area contributed by atoms with Crippen LogP contribution in [0.1, 0.15) is 23.2 Å². The van der Waals surface area contributed by atoms with Gasteiger partial charge in [0.2, 0.25) is 5.76 Å². The highest BCUT2D eigenvalue weighted by molar-refractivity contribution is 6.11. The van der Waals surface area contributed by atoms with E-state index in [1.807, 2.05) is 16.0 Å². The second kappa shape index (κ2) is 5.64. The summed E-state index contributed by atoms with van der Waals surface area (Å²) in [5, 5.41) is 10.7. The van der Waals surface area contributed by atoms with Crippen LogP contribution in [0.4, 0.5) is 5.69 Å². The zero-order valence-electron chi connectivity index (χ0n) is 14.8. The molecule has 4 heterocycles. The van der Waals surface area contributed by atoms with Crippen molar-refractivity contribution in [3.8, 4) is 0 Å². The molecule has 1 aromatic carbocycles. The summed E-state index contributed by atoms with van der Waals surface area (Å²) < 4.78 is 5.26. The first-order valence-electron chi connectivity index (χ1n) is 9.01. The van der Waals surface area contributed by atoms with Gasteiger partial charge in [-0.1, -0.05) is 12.1 Å². The van der Waals surface area contributed by atoms with Crippen molar-refractivity contribution < 1.29 is 19.4 Å². The summed E-state index contributed by atoms with van der Waals surface area (Å²) in [7, 11) is 1.54. The number of rotatable bonds is 1. The van der Waals surface area contributed by atoms with Crippen LogP contribution in [0.3, 0.4) is 0 Å². The Kier molecular flexibility index (Phi) is 3.34. The summed E-state index contributed by atoms with van der Waals surface area (Å²) in [5.74, 6) is -0.353. The Morgan fingerprint density at radius 3 is 2.81 bits per heavy atom. The van der Waals surface area contributed by atoms with Gasteiger partial charge in [-0.15, -0.1) is 0 Å². The molecule has 4 aliphatic heterocycles. The van der Waals surface area contributed by atoms with Gasteiger partial charge in [-0.25, -0.2) is 0 Å². The number of hydrogen-bond donors (Lipinski definition) is 1. The maximum Gasteiger partial charge on any atom is 0.297 e. The number of aliphatic hydroxyl groups is 1. The van der Waals surface area contributed by atoms with Crippen LogP contribution in [0.25, 0.3) is 0 Å². The maximum atomic E-state index is 13.2. The standard InChI is InChI=1S/C20H19N3O4/c1-27-12-8-10-21-16(11-12)17(24)20(26)23-14-6-3-2-5-13(14)19(25)22-9-4-7-15(22)18(21)23/h2-3,5-6,8,10-11,15,18,24H,4,7,9H2,1H3. The molecule has 7 nitrogen and oxygen atoms in total. The highest BCUT2D eigenvalue weighted by Crippen LogP contribution is 2.42. The van der Waals surface area contributed by atoms with E-state index in [1.54, 1.807) is 48.4 Å². The van der Waals surface area contributed by atoms with Crippen molar-refractivity contribution >= 4 is 17.5 Å². The van der Waals surface area contributed by atoms with Crippen molar-refractivity contribution in [2.75, 3.05) is 18.6 Å². The molecule has 5 rings (SSSR count). The van der Waals surface area contributed by atoms with Gasteiger partial charge in [-0.2, -0.15) is 0 Å². The lowest BCUT2D eigenvalue weighted by molar-refractivity contribution is -0.120. The summed E-state index contributed by atoms with van der Waals surface area (Å²) in [4.78, 5) is 31.6. The molecule has 4 aliphatic rings. The number of fused-ring (bicyclic) bond motifs is 7. The number of ether oxygens (including phenoxy) is 1. The molecule has 1 fully saturated rings. The van der Waals surface area contributed by atoms with Crippen molar-refractivity contribution in [3.63, 3.8) is 0 Å². The number of hydrogen-bond acceptors (Lipinski definition) is 5. The molecule has 138 valence electrons. The van der Waals surface area contributed by atoms with Crippen molar-refractivity contribution in [2.24, 2.45) is 0 Å². The van der Waals surface area contributed by atoms with E-state index in [4.69, 9.17) is 4.74 Å². The number of benzene rings is 1. The van der Waals surface area contributed by atoms with Gasteiger partial charge in [0.25, 0.3) is 11.8 Å². The molecule has 2 atom stereocenters. The van der Waals surface area contributed by atoms with Gasteiger partial charge in [0.1, 0.15) is 11.9 Å². The van der Waals surface area contributed by atoms with Gasteiger partial charge in [0.05, 0.1) is 30.1 Å². The lowest BCUT2D eigenvalue weighted by atomic mass is 10.0. The van der Waals surface area contributed by atoms with Crippen LogP contribution < -0.4 is 4.90 Å². The van der Waals surface area contributed by atoms with E-state index in [2.05, 4.69) is 0 Å². The van der Waals surface area contributed by atoms with E-state index in [1.165, 1.54) is 0 Å². The number of para-hydroxylation sites is 1. The van der Waals surface area contributed by atoms with Crippen LogP contribution in [-0.4, -0.2) is 52.6 Å². The molecule has 0 radical (unpaired) electrons.